The van der Waals surface area contributed by atoms with E-state index < -0.39 is 0 Å². The van der Waals surface area contributed by atoms with E-state index in [4.69, 9.17) is 5.73 Å². The van der Waals surface area contributed by atoms with E-state index >= 15 is 0 Å². The second kappa shape index (κ2) is 5.48. The maximum atomic E-state index is 13.0. The number of amides is 1. The third kappa shape index (κ3) is 3.29. The molecule has 1 aromatic rings. The van der Waals surface area contributed by atoms with Crippen molar-refractivity contribution in [2.24, 2.45) is 11.7 Å². The number of hydrogen-bond donors (Lipinski definition) is 2. The number of carbonyl (C=O) groups excluding carboxylic acids is 1. The fourth-order valence-corrected chi connectivity index (χ4v) is 1.98. The molecule has 1 amide bonds. The average molecular weight is 250 g/mol. The Labute approximate surface area is 107 Å². The molecule has 3 nitrogen and oxygen atoms in total. The van der Waals surface area contributed by atoms with Crippen LogP contribution in [0.1, 0.15) is 24.0 Å². The van der Waals surface area contributed by atoms with Gasteiger partial charge in [-0.25, -0.2) is 4.39 Å². The zero-order valence-corrected chi connectivity index (χ0v) is 10.6. The first-order valence-electron chi connectivity index (χ1n) is 6.35. The van der Waals surface area contributed by atoms with Crippen molar-refractivity contribution in [1.29, 1.82) is 0 Å². The van der Waals surface area contributed by atoms with Crippen LogP contribution in [-0.2, 0) is 11.2 Å². The van der Waals surface area contributed by atoms with Gasteiger partial charge in [-0.1, -0.05) is 6.07 Å². The first-order valence-corrected chi connectivity index (χ1v) is 6.35. The number of nitrogens with one attached hydrogen (secondary N) is 1. The summed E-state index contributed by atoms with van der Waals surface area (Å²) in [6.45, 7) is 2.17. The van der Waals surface area contributed by atoms with Crippen LogP contribution < -0.4 is 11.1 Å². The van der Waals surface area contributed by atoms with Crippen molar-refractivity contribution >= 4 is 5.91 Å². The molecule has 1 unspecified atom stereocenters. The molecule has 3 N–H and O–H groups in total. The smallest absolute Gasteiger partial charge is 0.224 e. The Morgan fingerprint density at radius 3 is 2.83 bits per heavy atom. The molecule has 1 aliphatic rings. The van der Waals surface area contributed by atoms with Gasteiger partial charge in [-0.2, -0.15) is 0 Å². The fraction of sp³-hybridized carbons (Fsp3) is 0.500. The number of aryl methyl sites for hydroxylation is 1. The number of carbonyl (C=O) groups is 1. The Morgan fingerprint density at radius 2 is 2.28 bits per heavy atom. The van der Waals surface area contributed by atoms with E-state index in [9.17, 15) is 9.18 Å². The van der Waals surface area contributed by atoms with Crippen LogP contribution in [0.2, 0.25) is 0 Å². The Bertz CT molecular complexity index is 443. The maximum Gasteiger partial charge on any atom is 0.224 e. The van der Waals surface area contributed by atoms with Crippen LogP contribution in [-0.4, -0.2) is 18.5 Å². The molecule has 1 aliphatic carbocycles. The topological polar surface area (TPSA) is 55.1 Å². The van der Waals surface area contributed by atoms with Crippen molar-refractivity contribution in [2.75, 3.05) is 6.54 Å². The monoisotopic (exact) mass is 250 g/mol. The average Bonchev–Trinajstić information content (AvgIpc) is 3.12. The van der Waals surface area contributed by atoms with Crippen LogP contribution in [0.25, 0.3) is 0 Å². The van der Waals surface area contributed by atoms with Crippen LogP contribution in [0.5, 0.6) is 0 Å². The summed E-state index contributed by atoms with van der Waals surface area (Å²) in [6.07, 6.45) is 2.71. The molecule has 0 radical (unpaired) electrons. The van der Waals surface area contributed by atoms with Gasteiger partial charge in [0, 0.05) is 12.6 Å². The largest absolute Gasteiger partial charge is 0.353 e. The molecule has 2 rings (SSSR count). The molecule has 0 aromatic heterocycles. The predicted molar refractivity (Wildman–Crippen MR) is 68.6 cm³/mol. The van der Waals surface area contributed by atoms with E-state index in [0.29, 0.717) is 19.0 Å². The standard InChI is InChI=1S/C14H19FN2O/c1-9-6-12(15)3-2-10(9)7-11(8-16)14(18)17-13-4-5-13/h2-3,6,11,13H,4-5,7-8,16H2,1H3,(H,17,18). The molecule has 0 spiro atoms. The first-order chi connectivity index (χ1) is 8.60. The maximum absolute atomic E-state index is 13.0. The van der Waals surface area contributed by atoms with E-state index in [1.54, 1.807) is 6.07 Å². The van der Waals surface area contributed by atoms with Gasteiger partial charge >= 0.3 is 0 Å². The number of hydrogen-bond acceptors (Lipinski definition) is 2. The van der Waals surface area contributed by atoms with Crippen LogP contribution in [0, 0.1) is 18.7 Å². The van der Waals surface area contributed by atoms with Gasteiger partial charge in [0.25, 0.3) is 0 Å². The summed E-state index contributed by atoms with van der Waals surface area (Å²) in [6, 6.07) is 4.99. The zero-order valence-electron chi connectivity index (χ0n) is 10.6. The van der Waals surface area contributed by atoms with Gasteiger partial charge in [-0.15, -0.1) is 0 Å². The molecular formula is C14H19FN2O. The van der Waals surface area contributed by atoms with Gasteiger partial charge in [0.2, 0.25) is 5.91 Å². The molecule has 1 saturated carbocycles. The predicted octanol–water partition coefficient (Wildman–Crippen LogP) is 1.53. The third-order valence-corrected chi connectivity index (χ3v) is 3.35. The molecule has 1 atom stereocenters. The normalized spacial score (nSPS) is 16.4. The van der Waals surface area contributed by atoms with Crippen molar-refractivity contribution in [1.82, 2.24) is 5.32 Å². The van der Waals surface area contributed by atoms with Crippen LogP contribution in [0.3, 0.4) is 0 Å². The van der Waals surface area contributed by atoms with Crippen LogP contribution in [0.4, 0.5) is 4.39 Å². The second-order valence-corrected chi connectivity index (χ2v) is 4.99. The molecule has 18 heavy (non-hydrogen) atoms. The zero-order chi connectivity index (χ0) is 13.1. The van der Waals surface area contributed by atoms with Gasteiger partial charge < -0.3 is 11.1 Å². The van der Waals surface area contributed by atoms with Gasteiger partial charge in [-0.3, -0.25) is 4.79 Å². The Kier molecular flexibility index (Phi) is 3.97. The van der Waals surface area contributed by atoms with E-state index in [1.165, 1.54) is 12.1 Å². The highest BCUT2D eigenvalue weighted by atomic mass is 19.1. The first kappa shape index (κ1) is 13.0. The summed E-state index contributed by atoms with van der Waals surface area (Å²) in [7, 11) is 0. The lowest BCUT2D eigenvalue weighted by molar-refractivity contribution is -0.124. The summed E-state index contributed by atoms with van der Waals surface area (Å²) in [5, 5.41) is 2.96. The number of benzene rings is 1. The highest BCUT2D eigenvalue weighted by Crippen LogP contribution is 2.20. The van der Waals surface area contributed by atoms with Gasteiger partial charge in [0.05, 0.1) is 5.92 Å². The van der Waals surface area contributed by atoms with Crippen molar-refractivity contribution < 1.29 is 9.18 Å². The molecule has 1 fully saturated rings. The van der Waals surface area contributed by atoms with E-state index in [2.05, 4.69) is 5.32 Å². The van der Waals surface area contributed by atoms with Crippen LogP contribution in [0.15, 0.2) is 18.2 Å². The molecule has 98 valence electrons. The number of nitrogens with two attached hydrogens (primary N) is 1. The van der Waals surface area contributed by atoms with Gasteiger partial charge in [0.15, 0.2) is 0 Å². The lowest BCUT2D eigenvalue weighted by atomic mass is 9.95. The highest BCUT2D eigenvalue weighted by molar-refractivity contribution is 5.79. The molecule has 0 aliphatic heterocycles. The number of rotatable bonds is 5. The van der Waals surface area contributed by atoms with E-state index in [0.717, 1.165) is 24.0 Å². The lowest BCUT2D eigenvalue weighted by Gasteiger charge is -2.16. The van der Waals surface area contributed by atoms with E-state index in [-0.39, 0.29) is 17.6 Å². The molecule has 0 saturated heterocycles. The van der Waals surface area contributed by atoms with Crippen molar-refractivity contribution in [2.45, 2.75) is 32.2 Å². The highest BCUT2D eigenvalue weighted by Gasteiger charge is 2.27. The molecule has 1 aromatic carbocycles. The third-order valence-electron chi connectivity index (χ3n) is 3.35. The minimum absolute atomic E-state index is 0.0173. The quantitative estimate of drug-likeness (QED) is 0.832. The molecule has 4 heteroatoms. The van der Waals surface area contributed by atoms with Crippen molar-refractivity contribution in [3.63, 3.8) is 0 Å². The fourth-order valence-electron chi connectivity index (χ4n) is 1.98. The SMILES string of the molecule is Cc1cc(F)ccc1CC(CN)C(=O)NC1CC1. The second-order valence-electron chi connectivity index (χ2n) is 4.99. The summed E-state index contributed by atoms with van der Waals surface area (Å²) < 4.78 is 13.0. The van der Waals surface area contributed by atoms with Crippen molar-refractivity contribution in [3.05, 3.63) is 35.1 Å². The van der Waals surface area contributed by atoms with Gasteiger partial charge in [0.1, 0.15) is 5.82 Å². The van der Waals surface area contributed by atoms with Crippen LogP contribution >= 0.6 is 0 Å². The molecular weight excluding hydrogens is 231 g/mol. The Morgan fingerprint density at radius 1 is 1.56 bits per heavy atom. The summed E-state index contributed by atoms with van der Waals surface area (Å²) >= 11 is 0. The van der Waals surface area contributed by atoms with E-state index in [1.807, 2.05) is 6.92 Å². The minimum Gasteiger partial charge on any atom is -0.353 e. The van der Waals surface area contributed by atoms with Crippen molar-refractivity contribution in [3.8, 4) is 0 Å². The lowest BCUT2D eigenvalue weighted by Crippen LogP contribution is -2.37. The van der Waals surface area contributed by atoms with Gasteiger partial charge in [-0.05, 0) is 49.4 Å². The number of halogens is 1. The summed E-state index contributed by atoms with van der Waals surface area (Å²) in [4.78, 5) is 11.9. The molecule has 0 bridgehead atoms. The summed E-state index contributed by atoms with van der Waals surface area (Å²) in [5.41, 5.74) is 7.52. The Balaban J connectivity index is 2.01. The molecule has 0 heterocycles. The summed E-state index contributed by atoms with van der Waals surface area (Å²) in [5.74, 6) is -0.457. The Hall–Kier alpha value is -1.42. The minimum atomic E-state index is -0.247.